The van der Waals surface area contributed by atoms with Crippen molar-refractivity contribution < 1.29 is 23.1 Å². The number of rotatable bonds is 12. The minimum atomic E-state index is -0.428. The molecule has 2 aromatic rings. The van der Waals surface area contributed by atoms with Gasteiger partial charge in [-0.2, -0.15) is 0 Å². The molecule has 1 saturated heterocycles. The molecule has 1 aromatic carbocycles. The van der Waals surface area contributed by atoms with Gasteiger partial charge in [0.05, 0.1) is 7.11 Å². The summed E-state index contributed by atoms with van der Waals surface area (Å²) in [5.74, 6) is 0.290. The Morgan fingerprint density at radius 2 is 1.95 bits per heavy atom. The molecule has 0 radical (unpaired) electrons. The normalized spacial score (nSPS) is 17.6. The number of likely N-dealkylation sites (tertiary alicyclic amines) is 1. The van der Waals surface area contributed by atoms with Gasteiger partial charge in [-0.25, -0.2) is 9.37 Å². The van der Waals surface area contributed by atoms with Gasteiger partial charge < -0.3 is 14.5 Å². The Bertz CT molecular complexity index is 1030. The van der Waals surface area contributed by atoms with E-state index in [4.69, 9.17) is 9.15 Å². The zero-order chi connectivity index (χ0) is 26.0. The van der Waals surface area contributed by atoms with Crippen LogP contribution in [0.1, 0.15) is 104 Å². The second kappa shape index (κ2) is 13.7. The average molecular weight is 514 g/mol. The summed E-state index contributed by atoms with van der Waals surface area (Å²) >= 11 is 0. The maximum Gasteiger partial charge on any atom is 0.305 e. The van der Waals surface area contributed by atoms with E-state index in [0.29, 0.717) is 24.4 Å². The summed E-state index contributed by atoms with van der Waals surface area (Å²) in [6.45, 7) is 2.26. The van der Waals surface area contributed by atoms with Crippen LogP contribution < -0.4 is 5.32 Å². The van der Waals surface area contributed by atoms with E-state index in [0.717, 1.165) is 50.3 Å². The molecule has 202 valence electrons. The van der Waals surface area contributed by atoms with Crippen LogP contribution in [0.25, 0.3) is 0 Å². The topological polar surface area (TPSA) is 84.7 Å². The first-order valence-electron chi connectivity index (χ1n) is 13.9. The fourth-order valence-electron chi connectivity index (χ4n) is 5.72. The van der Waals surface area contributed by atoms with Crippen LogP contribution in [-0.4, -0.2) is 48.5 Å². The summed E-state index contributed by atoms with van der Waals surface area (Å²) in [7, 11) is 1.36. The van der Waals surface area contributed by atoms with Crippen LogP contribution in [0.2, 0.25) is 0 Å². The van der Waals surface area contributed by atoms with E-state index in [-0.39, 0.29) is 29.8 Å². The third-order valence-corrected chi connectivity index (χ3v) is 7.77. The number of esters is 1. The highest BCUT2D eigenvalue weighted by Crippen LogP contribution is 2.34. The van der Waals surface area contributed by atoms with Crippen molar-refractivity contribution in [3.05, 3.63) is 53.0 Å². The third kappa shape index (κ3) is 7.63. The van der Waals surface area contributed by atoms with Gasteiger partial charge >= 0.3 is 5.97 Å². The molecule has 1 N–H and O–H groups in total. The first-order valence-corrected chi connectivity index (χ1v) is 13.9. The molecule has 7 nitrogen and oxygen atoms in total. The van der Waals surface area contributed by atoms with Crippen LogP contribution in [0.4, 0.5) is 4.39 Å². The molecule has 2 aliphatic rings. The Morgan fingerprint density at radius 3 is 2.70 bits per heavy atom. The van der Waals surface area contributed by atoms with Gasteiger partial charge in [0.25, 0.3) is 5.91 Å². The number of carbonyl (C=O) groups excluding carboxylic acids is 2. The van der Waals surface area contributed by atoms with Gasteiger partial charge in [0.15, 0.2) is 5.69 Å². The summed E-state index contributed by atoms with van der Waals surface area (Å²) in [6.07, 6.45) is 14.2. The summed E-state index contributed by atoms with van der Waals surface area (Å²) in [6, 6.07) is 4.18. The van der Waals surface area contributed by atoms with Crippen molar-refractivity contribution in [2.24, 2.45) is 5.92 Å². The predicted molar refractivity (Wildman–Crippen MR) is 139 cm³/mol. The number of benzene rings is 1. The lowest BCUT2D eigenvalue weighted by atomic mass is 9.86. The second-order valence-electron chi connectivity index (χ2n) is 10.4. The number of methoxy groups -OCH3 is 1. The molecule has 1 aliphatic heterocycles. The van der Waals surface area contributed by atoms with Gasteiger partial charge in [0, 0.05) is 13.0 Å². The van der Waals surface area contributed by atoms with Crippen LogP contribution in [0, 0.1) is 11.7 Å². The van der Waals surface area contributed by atoms with Crippen molar-refractivity contribution in [1.29, 1.82) is 0 Å². The van der Waals surface area contributed by atoms with E-state index in [1.807, 2.05) is 0 Å². The fourth-order valence-corrected chi connectivity index (χ4v) is 5.72. The summed E-state index contributed by atoms with van der Waals surface area (Å²) in [5.41, 5.74) is 1.78. The Hall–Kier alpha value is -2.74. The van der Waals surface area contributed by atoms with Gasteiger partial charge in [0.2, 0.25) is 5.89 Å². The standard InChI is InChI=1S/C29H40FN3O4/c1-36-26(34)15-13-22-12-14-23(30)19-24(22)27(33-17-7-8-18-33)29-32-25(20-37-29)28(35)31-16-6-5-11-21-9-3-2-4-10-21/h12,14,19-21,27H,2-11,13,15-18H2,1H3,(H,31,35). The lowest BCUT2D eigenvalue weighted by Gasteiger charge is -2.27. The molecule has 37 heavy (non-hydrogen) atoms. The molecular weight excluding hydrogens is 473 g/mol. The quantitative estimate of drug-likeness (QED) is 0.294. The van der Waals surface area contributed by atoms with Crippen molar-refractivity contribution in [3.8, 4) is 0 Å². The second-order valence-corrected chi connectivity index (χ2v) is 10.4. The maximum atomic E-state index is 14.4. The van der Waals surface area contributed by atoms with Crippen LogP contribution in [0.15, 0.2) is 28.9 Å². The smallest absolute Gasteiger partial charge is 0.305 e. The molecule has 4 rings (SSSR count). The molecule has 2 fully saturated rings. The highest BCUT2D eigenvalue weighted by Gasteiger charge is 2.32. The Kier molecular flexibility index (Phi) is 10.1. The SMILES string of the molecule is COC(=O)CCc1ccc(F)cc1C(c1nc(C(=O)NCCCCC2CCCCC2)co1)N1CCCC1. The van der Waals surface area contributed by atoms with Crippen molar-refractivity contribution in [2.45, 2.75) is 83.1 Å². The van der Waals surface area contributed by atoms with E-state index >= 15 is 0 Å². The maximum absolute atomic E-state index is 14.4. The van der Waals surface area contributed by atoms with Crippen molar-refractivity contribution in [1.82, 2.24) is 15.2 Å². The number of hydrogen-bond acceptors (Lipinski definition) is 6. The molecule has 1 aromatic heterocycles. The highest BCUT2D eigenvalue weighted by molar-refractivity contribution is 5.91. The minimum absolute atomic E-state index is 0.196. The van der Waals surface area contributed by atoms with Crippen molar-refractivity contribution in [3.63, 3.8) is 0 Å². The van der Waals surface area contributed by atoms with E-state index in [1.54, 1.807) is 6.07 Å². The summed E-state index contributed by atoms with van der Waals surface area (Å²) < 4.78 is 25.0. The molecule has 1 unspecified atom stereocenters. The Balaban J connectivity index is 1.42. The minimum Gasteiger partial charge on any atom is -0.469 e. The van der Waals surface area contributed by atoms with Crippen LogP contribution in [0.3, 0.4) is 0 Å². The summed E-state index contributed by atoms with van der Waals surface area (Å²) in [5, 5.41) is 2.97. The first kappa shape index (κ1) is 27.3. The number of nitrogens with zero attached hydrogens (tertiary/aromatic N) is 2. The number of aryl methyl sites for hydroxylation is 1. The van der Waals surface area contributed by atoms with Crippen molar-refractivity contribution in [2.75, 3.05) is 26.7 Å². The zero-order valence-electron chi connectivity index (χ0n) is 22.0. The van der Waals surface area contributed by atoms with Crippen LogP contribution in [-0.2, 0) is 16.0 Å². The van der Waals surface area contributed by atoms with Gasteiger partial charge in [-0.1, -0.05) is 51.0 Å². The number of aromatic nitrogens is 1. The fraction of sp³-hybridized carbons (Fsp3) is 0.621. The molecule has 0 spiro atoms. The third-order valence-electron chi connectivity index (χ3n) is 7.77. The Labute approximate surface area is 219 Å². The number of unbranched alkanes of at least 4 members (excludes halogenated alkanes) is 1. The first-order chi connectivity index (χ1) is 18.0. The monoisotopic (exact) mass is 513 g/mol. The Morgan fingerprint density at radius 1 is 1.16 bits per heavy atom. The van der Waals surface area contributed by atoms with E-state index < -0.39 is 6.04 Å². The molecular formula is C29H40FN3O4. The average Bonchev–Trinajstić information content (AvgIpc) is 3.62. The van der Waals surface area contributed by atoms with Gasteiger partial charge in [-0.05, 0) is 68.0 Å². The van der Waals surface area contributed by atoms with Crippen LogP contribution in [0.5, 0.6) is 0 Å². The van der Waals surface area contributed by atoms with E-state index in [9.17, 15) is 14.0 Å². The highest BCUT2D eigenvalue weighted by atomic mass is 19.1. The molecule has 1 aliphatic carbocycles. The number of amides is 1. The van der Waals surface area contributed by atoms with Gasteiger partial charge in [-0.15, -0.1) is 0 Å². The molecule has 1 saturated carbocycles. The summed E-state index contributed by atoms with van der Waals surface area (Å²) in [4.78, 5) is 31.3. The number of hydrogen-bond donors (Lipinski definition) is 1. The lowest BCUT2D eigenvalue weighted by molar-refractivity contribution is -0.140. The number of halogens is 1. The largest absolute Gasteiger partial charge is 0.469 e. The number of ether oxygens (including phenoxy) is 1. The number of oxazole rings is 1. The molecule has 1 atom stereocenters. The molecule has 2 heterocycles. The molecule has 1 amide bonds. The number of carbonyl (C=O) groups is 2. The van der Waals surface area contributed by atoms with Gasteiger partial charge in [-0.3, -0.25) is 14.5 Å². The van der Waals surface area contributed by atoms with Crippen LogP contribution >= 0.6 is 0 Å². The van der Waals surface area contributed by atoms with Gasteiger partial charge in [0.1, 0.15) is 18.1 Å². The van der Waals surface area contributed by atoms with Crippen molar-refractivity contribution >= 4 is 11.9 Å². The van der Waals surface area contributed by atoms with E-state index in [1.165, 1.54) is 64.0 Å². The lowest BCUT2D eigenvalue weighted by Crippen LogP contribution is -2.28. The zero-order valence-corrected chi connectivity index (χ0v) is 22.0. The molecule has 0 bridgehead atoms. The molecule has 8 heteroatoms. The number of nitrogens with one attached hydrogen (secondary N) is 1. The predicted octanol–water partition coefficient (Wildman–Crippen LogP) is 5.58. The van der Waals surface area contributed by atoms with E-state index in [2.05, 4.69) is 15.2 Å².